The molecule has 4 aromatic rings. The van der Waals surface area contributed by atoms with Crippen LogP contribution in [0.3, 0.4) is 0 Å². The van der Waals surface area contributed by atoms with Gasteiger partial charge in [-0.1, -0.05) is 66.7 Å². The Hall–Kier alpha value is -3.46. The van der Waals surface area contributed by atoms with Crippen LogP contribution in [-0.2, 0) is 0 Å². The van der Waals surface area contributed by atoms with Gasteiger partial charge in [0, 0.05) is 22.4 Å². The molecule has 0 aliphatic carbocycles. The van der Waals surface area contributed by atoms with Crippen LogP contribution in [0, 0.1) is 0 Å². The second kappa shape index (κ2) is 5.52. The van der Waals surface area contributed by atoms with E-state index in [-0.39, 0.29) is 6.85 Å². The number of fused-ring (bicyclic) bond motifs is 4. The molecular formula is C24H16BNO. The minimum Gasteiger partial charge on any atom is -0.458 e. The summed E-state index contributed by atoms with van der Waals surface area (Å²) >= 11 is 0. The van der Waals surface area contributed by atoms with Gasteiger partial charge in [0.1, 0.15) is 11.5 Å². The molecule has 4 aromatic carbocycles. The largest absolute Gasteiger partial charge is 0.458 e. The molecule has 0 saturated carbocycles. The van der Waals surface area contributed by atoms with Gasteiger partial charge < -0.3 is 9.55 Å². The Balaban J connectivity index is 1.73. The first-order chi connectivity index (χ1) is 13.4. The molecule has 6 rings (SSSR count). The summed E-state index contributed by atoms with van der Waals surface area (Å²) in [6, 6.07) is 34.1. The number of hydrogen-bond donors (Lipinski definition) is 0. The molecule has 3 heteroatoms. The van der Waals surface area contributed by atoms with Gasteiger partial charge in [-0.3, -0.25) is 0 Å². The SMILES string of the molecule is c1ccc(N2B3c4ccccc4Oc4cccc(c43)-c3ccccc32)cc1. The molecule has 126 valence electrons. The average molecular weight is 345 g/mol. The van der Waals surface area contributed by atoms with E-state index >= 15 is 0 Å². The first kappa shape index (κ1) is 14.7. The van der Waals surface area contributed by atoms with Crippen molar-refractivity contribution in [2.75, 3.05) is 4.81 Å². The van der Waals surface area contributed by atoms with Gasteiger partial charge in [-0.2, -0.15) is 0 Å². The van der Waals surface area contributed by atoms with Gasteiger partial charge in [0.25, 0.3) is 0 Å². The van der Waals surface area contributed by atoms with E-state index in [9.17, 15) is 0 Å². The molecule has 0 aromatic heterocycles. The smallest absolute Gasteiger partial charge is 0.336 e. The molecule has 2 aliphatic heterocycles. The lowest BCUT2D eigenvalue weighted by atomic mass is 9.44. The number of hydrogen-bond acceptors (Lipinski definition) is 2. The highest BCUT2D eigenvalue weighted by atomic mass is 16.5. The minimum atomic E-state index is 0.0958. The van der Waals surface area contributed by atoms with E-state index in [0.717, 1.165) is 11.5 Å². The van der Waals surface area contributed by atoms with Crippen molar-refractivity contribution in [3.63, 3.8) is 0 Å². The predicted molar refractivity (Wildman–Crippen MR) is 112 cm³/mol. The van der Waals surface area contributed by atoms with Gasteiger partial charge in [-0.25, -0.2) is 0 Å². The summed E-state index contributed by atoms with van der Waals surface area (Å²) in [5.74, 6) is 1.89. The Labute approximate surface area is 158 Å². The van der Waals surface area contributed by atoms with E-state index in [2.05, 4.69) is 95.8 Å². The quantitative estimate of drug-likeness (QED) is 0.463. The van der Waals surface area contributed by atoms with Crippen LogP contribution >= 0.6 is 0 Å². The zero-order chi connectivity index (χ0) is 17.8. The maximum absolute atomic E-state index is 6.30. The van der Waals surface area contributed by atoms with Crippen molar-refractivity contribution >= 4 is 29.1 Å². The number of nitrogens with zero attached hydrogens (tertiary/aromatic N) is 1. The molecule has 0 bridgehead atoms. The van der Waals surface area contributed by atoms with Crippen molar-refractivity contribution in [3.05, 3.63) is 97.1 Å². The lowest BCUT2D eigenvalue weighted by Gasteiger charge is -2.41. The van der Waals surface area contributed by atoms with Crippen LogP contribution in [-0.4, -0.2) is 6.85 Å². The highest BCUT2D eigenvalue weighted by molar-refractivity contribution is 6.92. The Morgan fingerprint density at radius 2 is 1.30 bits per heavy atom. The van der Waals surface area contributed by atoms with E-state index < -0.39 is 0 Å². The zero-order valence-corrected chi connectivity index (χ0v) is 14.7. The number of anilines is 2. The van der Waals surface area contributed by atoms with Crippen molar-refractivity contribution in [1.82, 2.24) is 0 Å². The molecule has 0 amide bonds. The van der Waals surface area contributed by atoms with Crippen LogP contribution in [0.4, 0.5) is 11.4 Å². The Kier molecular flexibility index (Phi) is 3.00. The van der Waals surface area contributed by atoms with Crippen LogP contribution in [0.2, 0.25) is 0 Å². The fourth-order valence-corrected chi connectivity index (χ4v) is 4.42. The van der Waals surface area contributed by atoms with Gasteiger partial charge >= 0.3 is 6.85 Å². The zero-order valence-electron chi connectivity index (χ0n) is 14.7. The predicted octanol–water partition coefficient (Wildman–Crippen LogP) is 4.72. The molecule has 0 saturated heterocycles. The Bertz CT molecular complexity index is 1170. The first-order valence-electron chi connectivity index (χ1n) is 9.25. The lowest BCUT2D eigenvalue weighted by molar-refractivity contribution is 0.487. The van der Waals surface area contributed by atoms with Crippen molar-refractivity contribution in [1.29, 1.82) is 0 Å². The maximum atomic E-state index is 6.30. The fourth-order valence-electron chi connectivity index (χ4n) is 4.42. The molecule has 0 atom stereocenters. The summed E-state index contributed by atoms with van der Waals surface area (Å²) < 4.78 is 6.30. The monoisotopic (exact) mass is 345 g/mol. The number of ether oxygens (including phenoxy) is 1. The van der Waals surface area contributed by atoms with Crippen LogP contribution < -0.4 is 20.5 Å². The number of para-hydroxylation sites is 3. The highest BCUT2D eigenvalue weighted by Gasteiger charge is 2.42. The minimum absolute atomic E-state index is 0.0958. The molecule has 2 aliphatic rings. The van der Waals surface area contributed by atoms with Crippen LogP contribution in [0.25, 0.3) is 11.1 Å². The van der Waals surface area contributed by atoms with E-state index in [1.165, 1.54) is 33.4 Å². The van der Waals surface area contributed by atoms with E-state index in [0.29, 0.717) is 0 Å². The lowest BCUT2D eigenvalue weighted by Crippen LogP contribution is -2.59. The second-order valence-electron chi connectivity index (χ2n) is 6.98. The van der Waals surface area contributed by atoms with Gasteiger partial charge in [-0.05, 0) is 41.4 Å². The van der Waals surface area contributed by atoms with Crippen LogP contribution in [0.5, 0.6) is 11.5 Å². The first-order valence-corrected chi connectivity index (χ1v) is 9.25. The molecule has 0 N–H and O–H groups in total. The summed E-state index contributed by atoms with van der Waals surface area (Å²) in [5.41, 5.74) is 7.38. The van der Waals surface area contributed by atoms with Crippen molar-refractivity contribution in [2.24, 2.45) is 0 Å². The van der Waals surface area contributed by atoms with Gasteiger partial charge in [0.15, 0.2) is 0 Å². The van der Waals surface area contributed by atoms with Crippen LogP contribution in [0.15, 0.2) is 97.1 Å². The highest BCUT2D eigenvalue weighted by Crippen LogP contribution is 2.43. The van der Waals surface area contributed by atoms with Gasteiger partial charge in [-0.15, -0.1) is 0 Å². The van der Waals surface area contributed by atoms with Crippen molar-refractivity contribution in [3.8, 4) is 22.6 Å². The molecule has 0 fully saturated rings. The van der Waals surface area contributed by atoms with Crippen molar-refractivity contribution in [2.45, 2.75) is 0 Å². The van der Waals surface area contributed by atoms with Gasteiger partial charge in [0.2, 0.25) is 0 Å². The molecule has 27 heavy (non-hydrogen) atoms. The summed E-state index contributed by atoms with van der Waals surface area (Å²) in [4.78, 5) is 2.45. The standard InChI is InChI=1S/C24H16BNO/c1-2-9-17(10-3-1)26-21-14-6-4-11-18(21)19-12-8-16-23-24(19)25(26)20-13-5-7-15-22(20)27-23/h1-16H. The van der Waals surface area contributed by atoms with Crippen molar-refractivity contribution < 1.29 is 4.74 Å². The van der Waals surface area contributed by atoms with Crippen LogP contribution in [0.1, 0.15) is 0 Å². The van der Waals surface area contributed by atoms with E-state index in [4.69, 9.17) is 4.74 Å². The molecule has 0 unspecified atom stereocenters. The van der Waals surface area contributed by atoms with Gasteiger partial charge in [0.05, 0.1) is 0 Å². The topological polar surface area (TPSA) is 12.5 Å². The summed E-state index contributed by atoms with van der Waals surface area (Å²) in [5, 5.41) is 0. The third-order valence-corrected chi connectivity index (χ3v) is 5.52. The Morgan fingerprint density at radius 3 is 2.22 bits per heavy atom. The molecule has 2 heterocycles. The number of rotatable bonds is 1. The summed E-state index contributed by atoms with van der Waals surface area (Å²) in [6.45, 7) is 0.0958. The fraction of sp³-hybridized carbons (Fsp3) is 0. The van der Waals surface area contributed by atoms with E-state index in [1.54, 1.807) is 0 Å². The normalized spacial score (nSPS) is 13.3. The van der Waals surface area contributed by atoms with E-state index in [1.807, 2.05) is 6.07 Å². The summed E-state index contributed by atoms with van der Waals surface area (Å²) in [7, 11) is 0. The molecular weight excluding hydrogens is 329 g/mol. The number of benzene rings is 4. The third-order valence-electron chi connectivity index (χ3n) is 5.52. The molecule has 0 spiro atoms. The molecule has 2 nitrogen and oxygen atoms in total. The average Bonchev–Trinajstić information content (AvgIpc) is 2.74. The summed E-state index contributed by atoms with van der Waals surface area (Å²) in [6.07, 6.45) is 0. The molecule has 0 radical (unpaired) electrons. The second-order valence-corrected chi connectivity index (χ2v) is 6.98. The third kappa shape index (κ3) is 2.03. The Morgan fingerprint density at radius 1 is 0.593 bits per heavy atom. The maximum Gasteiger partial charge on any atom is 0.336 e.